The van der Waals surface area contributed by atoms with Crippen molar-refractivity contribution in [2.24, 2.45) is 10.8 Å². The standard InChI is InChI=1S/C11H18N4O/c1-15(10-6-4-3-5-7-10)11(14-12)13-8-9-16-2/h3-7H,8-9,12H2,1-2H3,(H,13,14). The number of hydrogen-bond donors (Lipinski definition) is 2. The molecule has 0 fully saturated rings. The molecule has 0 aromatic heterocycles. The van der Waals surface area contributed by atoms with Gasteiger partial charge in [0.15, 0.2) is 0 Å². The van der Waals surface area contributed by atoms with Gasteiger partial charge in [0.25, 0.3) is 0 Å². The highest BCUT2D eigenvalue weighted by Gasteiger charge is 2.05. The first-order valence-corrected chi connectivity index (χ1v) is 5.08. The van der Waals surface area contributed by atoms with Crippen molar-refractivity contribution in [2.45, 2.75) is 0 Å². The van der Waals surface area contributed by atoms with Crippen LogP contribution in [0.3, 0.4) is 0 Å². The van der Waals surface area contributed by atoms with E-state index in [2.05, 4.69) is 10.4 Å². The second kappa shape index (κ2) is 6.81. The molecule has 0 aliphatic heterocycles. The first-order valence-electron chi connectivity index (χ1n) is 5.08. The van der Waals surface area contributed by atoms with Crippen molar-refractivity contribution in [1.29, 1.82) is 0 Å². The minimum Gasteiger partial charge on any atom is -0.383 e. The molecular formula is C11H18N4O. The normalized spacial score (nSPS) is 11.3. The second-order valence-corrected chi connectivity index (χ2v) is 3.24. The number of aliphatic imine (C=N–C) groups is 1. The van der Waals surface area contributed by atoms with E-state index in [0.29, 0.717) is 19.1 Å². The first-order chi connectivity index (χ1) is 7.79. The number of para-hydroxylation sites is 1. The summed E-state index contributed by atoms with van der Waals surface area (Å²) in [7, 11) is 3.55. The smallest absolute Gasteiger partial charge is 0.212 e. The molecule has 88 valence electrons. The van der Waals surface area contributed by atoms with Crippen LogP contribution in [-0.2, 0) is 4.74 Å². The third-order valence-electron chi connectivity index (χ3n) is 2.15. The number of hydrogen-bond acceptors (Lipinski definition) is 3. The molecule has 0 saturated carbocycles. The molecule has 16 heavy (non-hydrogen) atoms. The Morgan fingerprint density at radius 2 is 2.12 bits per heavy atom. The Labute approximate surface area is 95.9 Å². The van der Waals surface area contributed by atoms with Crippen LogP contribution in [-0.4, -0.2) is 33.3 Å². The Morgan fingerprint density at radius 3 is 2.69 bits per heavy atom. The molecule has 3 N–H and O–H groups in total. The van der Waals surface area contributed by atoms with Crippen molar-refractivity contribution in [1.82, 2.24) is 5.43 Å². The summed E-state index contributed by atoms with van der Waals surface area (Å²) in [5.41, 5.74) is 3.60. The zero-order valence-electron chi connectivity index (χ0n) is 9.68. The number of ether oxygens (including phenoxy) is 1. The van der Waals surface area contributed by atoms with Gasteiger partial charge in [0.05, 0.1) is 13.2 Å². The van der Waals surface area contributed by atoms with Gasteiger partial charge in [-0.1, -0.05) is 18.2 Å². The van der Waals surface area contributed by atoms with Crippen LogP contribution in [0.25, 0.3) is 0 Å². The SMILES string of the molecule is COCCN=C(NN)N(C)c1ccccc1. The summed E-state index contributed by atoms with van der Waals surface area (Å²) in [6.07, 6.45) is 0. The van der Waals surface area contributed by atoms with Crippen molar-refractivity contribution in [2.75, 3.05) is 32.2 Å². The molecule has 5 heteroatoms. The maximum atomic E-state index is 5.43. The molecule has 0 saturated heterocycles. The highest BCUT2D eigenvalue weighted by molar-refractivity contribution is 5.95. The number of hydrazine groups is 1. The Balaban J connectivity index is 2.69. The molecule has 1 aromatic rings. The van der Waals surface area contributed by atoms with Crippen molar-refractivity contribution >= 4 is 11.6 Å². The Hall–Kier alpha value is -1.59. The number of methoxy groups -OCH3 is 1. The lowest BCUT2D eigenvalue weighted by Crippen LogP contribution is -2.43. The zero-order valence-corrected chi connectivity index (χ0v) is 9.68. The van der Waals surface area contributed by atoms with Crippen LogP contribution in [0, 0.1) is 0 Å². The third-order valence-corrected chi connectivity index (χ3v) is 2.15. The van der Waals surface area contributed by atoms with E-state index in [0.717, 1.165) is 5.69 Å². The van der Waals surface area contributed by atoms with Crippen LogP contribution in [0.2, 0.25) is 0 Å². The van der Waals surface area contributed by atoms with Crippen LogP contribution < -0.4 is 16.2 Å². The molecule has 0 spiro atoms. The van der Waals surface area contributed by atoms with Gasteiger partial charge in [-0.25, -0.2) is 10.8 Å². The van der Waals surface area contributed by atoms with Crippen molar-refractivity contribution in [3.8, 4) is 0 Å². The topological polar surface area (TPSA) is 62.9 Å². The van der Waals surface area contributed by atoms with Crippen LogP contribution >= 0.6 is 0 Å². The zero-order chi connectivity index (χ0) is 11.8. The third kappa shape index (κ3) is 3.52. The van der Waals surface area contributed by atoms with Crippen LogP contribution in [0.15, 0.2) is 35.3 Å². The van der Waals surface area contributed by atoms with Gasteiger partial charge >= 0.3 is 0 Å². The molecule has 0 aliphatic rings. The molecule has 0 atom stereocenters. The van der Waals surface area contributed by atoms with Crippen molar-refractivity contribution in [3.63, 3.8) is 0 Å². The highest BCUT2D eigenvalue weighted by atomic mass is 16.5. The average molecular weight is 222 g/mol. The fourth-order valence-electron chi connectivity index (χ4n) is 1.27. The monoisotopic (exact) mass is 222 g/mol. The Morgan fingerprint density at radius 1 is 1.44 bits per heavy atom. The van der Waals surface area contributed by atoms with Crippen LogP contribution in [0.4, 0.5) is 5.69 Å². The molecule has 1 rings (SSSR count). The average Bonchev–Trinajstić information content (AvgIpc) is 2.35. The molecule has 0 radical (unpaired) electrons. The second-order valence-electron chi connectivity index (χ2n) is 3.24. The van der Waals surface area contributed by atoms with E-state index in [1.54, 1.807) is 7.11 Å². The number of benzene rings is 1. The predicted octanol–water partition coefficient (Wildman–Crippen LogP) is 0.588. The van der Waals surface area contributed by atoms with E-state index >= 15 is 0 Å². The van der Waals surface area contributed by atoms with E-state index in [-0.39, 0.29) is 0 Å². The van der Waals surface area contributed by atoms with Gasteiger partial charge < -0.3 is 9.64 Å². The minimum absolute atomic E-state index is 0.577. The predicted molar refractivity (Wildman–Crippen MR) is 66.3 cm³/mol. The lowest BCUT2D eigenvalue weighted by atomic mass is 10.3. The number of nitrogens with two attached hydrogens (primary N) is 1. The fraction of sp³-hybridized carbons (Fsp3) is 0.364. The number of guanidine groups is 1. The number of nitrogens with one attached hydrogen (secondary N) is 1. The molecule has 0 bridgehead atoms. The van der Waals surface area contributed by atoms with Gasteiger partial charge in [0.2, 0.25) is 5.96 Å². The molecule has 0 heterocycles. The molecule has 0 amide bonds. The Bertz CT molecular complexity index is 326. The summed E-state index contributed by atoms with van der Waals surface area (Å²) < 4.78 is 4.93. The number of nitrogens with zero attached hydrogens (tertiary/aromatic N) is 2. The summed E-state index contributed by atoms with van der Waals surface area (Å²) in [5, 5.41) is 0. The summed E-state index contributed by atoms with van der Waals surface area (Å²) in [5.74, 6) is 6.04. The molecular weight excluding hydrogens is 204 g/mol. The summed E-state index contributed by atoms with van der Waals surface area (Å²) in [6.45, 7) is 1.15. The summed E-state index contributed by atoms with van der Waals surface area (Å²) in [4.78, 5) is 6.17. The molecule has 0 unspecified atom stereocenters. The first kappa shape index (κ1) is 12.5. The van der Waals surface area contributed by atoms with E-state index < -0.39 is 0 Å². The number of anilines is 1. The van der Waals surface area contributed by atoms with Gasteiger partial charge in [-0.05, 0) is 12.1 Å². The summed E-state index contributed by atoms with van der Waals surface area (Å²) >= 11 is 0. The fourth-order valence-corrected chi connectivity index (χ4v) is 1.27. The van der Waals surface area contributed by atoms with Crippen LogP contribution in [0.1, 0.15) is 0 Å². The van der Waals surface area contributed by atoms with E-state index in [4.69, 9.17) is 10.6 Å². The molecule has 1 aromatic carbocycles. The maximum absolute atomic E-state index is 5.43. The quantitative estimate of drug-likeness (QED) is 0.257. The van der Waals surface area contributed by atoms with E-state index in [1.165, 1.54) is 0 Å². The number of rotatable bonds is 4. The highest BCUT2D eigenvalue weighted by Crippen LogP contribution is 2.10. The minimum atomic E-state index is 0.577. The van der Waals surface area contributed by atoms with E-state index in [9.17, 15) is 0 Å². The van der Waals surface area contributed by atoms with E-state index in [1.807, 2.05) is 42.3 Å². The lowest BCUT2D eigenvalue weighted by Gasteiger charge is -2.20. The van der Waals surface area contributed by atoms with Gasteiger partial charge in [0, 0.05) is 19.8 Å². The largest absolute Gasteiger partial charge is 0.383 e. The van der Waals surface area contributed by atoms with Gasteiger partial charge in [-0.15, -0.1) is 0 Å². The molecule has 5 nitrogen and oxygen atoms in total. The maximum Gasteiger partial charge on any atom is 0.212 e. The van der Waals surface area contributed by atoms with Crippen molar-refractivity contribution in [3.05, 3.63) is 30.3 Å². The van der Waals surface area contributed by atoms with Gasteiger partial charge in [-0.3, -0.25) is 5.43 Å². The van der Waals surface area contributed by atoms with Gasteiger partial charge in [0.1, 0.15) is 0 Å². The van der Waals surface area contributed by atoms with Crippen LogP contribution in [0.5, 0.6) is 0 Å². The summed E-state index contributed by atoms with van der Waals surface area (Å²) in [6, 6.07) is 9.88. The Kier molecular flexibility index (Phi) is 5.31. The van der Waals surface area contributed by atoms with Gasteiger partial charge in [-0.2, -0.15) is 0 Å². The molecule has 0 aliphatic carbocycles. The van der Waals surface area contributed by atoms with Crippen molar-refractivity contribution < 1.29 is 4.74 Å². The lowest BCUT2D eigenvalue weighted by molar-refractivity contribution is 0.208.